The van der Waals surface area contributed by atoms with Gasteiger partial charge >= 0.3 is 0 Å². The summed E-state index contributed by atoms with van der Waals surface area (Å²) in [5.74, 6) is 0. The highest BCUT2D eigenvalue weighted by molar-refractivity contribution is 7.09. The molecule has 1 aromatic carbocycles. The molecule has 2 aromatic rings. The number of anilines is 1. The van der Waals surface area contributed by atoms with Crippen molar-refractivity contribution in [3.63, 3.8) is 0 Å². The first-order chi connectivity index (χ1) is 9.65. The zero-order valence-electron chi connectivity index (χ0n) is 11.6. The summed E-state index contributed by atoms with van der Waals surface area (Å²) < 4.78 is 0. The molecule has 1 aliphatic rings. The van der Waals surface area contributed by atoms with Crippen LogP contribution in [0.2, 0.25) is 5.02 Å². The van der Waals surface area contributed by atoms with E-state index in [1.807, 2.05) is 13.0 Å². The van der Waals surface area contributed by atoms with Crippen molar-refractivity contribution in [3.8, 4) is 0 Å². The fraction of sp³-hybridized carbons (Fsp3) is 0.375. The summed E-state index contributed by atoms with van der Waals surface area (Å²) in [6.45, 7) is 2.93. The maximum atomic E-state index is 6.49. The van der Waals surface area contributed by atoms with Crippen molar-refractivity contribution in [1.29, 1.82) is 0 Å². The van der Waals surface area contributed by atoms with Crippen molar-refractivity contribution in [2.24, 2.45) is 5.73 Å². The van der Waals surface area contributed by atoms with E-state index in [0.29, 0.717) is 6.04 Å². The Hall–Kier alpha value is -1.03. The Morgan fingerprint density at radius 2 is 2.20 bits per heavy atom. The minimum Gasteiger partial charge on any atom is -0.362 e. The lowest BCUT2D eigenvalue weighted by atomic mass is 10.1. The van der Waals surface area contributed by atoms with Gasteiger partial charge in [0.15, 0.2) is 0 Å². The van der Waals surface area contributed by atoms with Gasteiger partial charge in [-0.1, -0.05) is 23.7 Å². The van der Waals surface area contributed by atoms with Gasteiger partial charge in [-0.15, -0.1) is 11.3 Å². The van der Waals surface area contributed by atoms with Crippen LogP contribution in [0.3, 0.4) is 0 Å². The first-order valence-corrected chi connectivity index (χ1v) is 8.25. The lowest BCUT2D eigenvalue weighted by molar-refractivity contribution is 0.796. The molecule has 1 unspecified atom stereocenters. The Labute approximate surface area is 129 Å². The van der Waals surface area contributed by atoms with E-state index in [0.717, 1.165) is 22.8 Å². The van der Waals surface area contributed by atoms with Crippen LogP contribution in [0.5, 0.6) is 0 Å². The smallest absolute Gasteiger partial charge is 0.0643 e. The van der Waals surface area contributed by atoms with Crippen LogP contribution in [0.15, 0.2) is 35.7 Å². The zero-order chi connectivity index (χ0) is 14.1. The SMILES string of the molecule is CC(N)c1ccc(N(Cc2cccs2)C2CC2)c(Cl)c1. The Balaban J connectivity index is 1.87. The van der Waals surface area contributed by atoms with Crippen LogP contribution in [0.4, 0.5) is 5.69 Å². The van der Waals surface area contributed by atoms with E-state index in [2.05, 4.69) is 34.5 Å². The topological polar surface area (TPSA) is 29.3 Å². The van der Waals surface area contributed by atoms with Crippen molar-refractivity contribution in [3.05, 3.63) is 51.2 Å². The lowest BCUT2D eigenvalue weighted by Gasteiger charge is -2.26. The average Bonchev–Trinajstić information content (AvgIpc) is 3.14. The monoisotopic (exact) mass is 306 g/mol. The minimum absolute atomic E-state index is 0.0215. The standard InChI is InChI=1S/C16H19ClN2S/c1-11(18)12-4-7-16(15(17)9-12)19(13-5-6-13)10-14-3-2-8-20-14/h2-4,7-9,11,13H,5-6,10,18H2,1H3. The van der Waals surface area contributed by atoms with Crippen LogP contribution in [-0.2, 0) is 6.54 Å². The summed E-state index contributed by atoms with van der Waals surface area (Å²) in [6.07, 6.45) is 2.52. The molecule has 20 heavy (non-hydrogen) atoms. The van der Waals surface area contributed by atoms with Gasteiger partial charge < -0.3 is 10.6 Å². The summed E-state index contributed by atoms with van der Waals surface area (Å²) in [4.78, 5) is 3.81. The van der Waals surface area contributed by atoms with Crippen LogP contribution in [-0.4, -0.2) is 6.04 Å². The van der Waals surface area contributed by atoms with Crippen molar-refractivity contribution in [1.82, 2.24) is 0 Å². The van der Waals surface area contributed by atoms with Crippen molar-refractivity contribution >= 4 is 28.6 Å². The fourth-order valence-corrected chi connectivity index (χ4v) is 3.41. The van der Waals surface area contributed by atoms with E-state index in [-0.39, 0.29) is 6.04 Å². The maximum absolute atomic E-state index is 6.49. The molecule has 0 spiro atoms. The van der Waals surface area contributed by atoms with E-state index < -0.39 is 0 Å². The van der Waals surface area contributed by atoms with Gasteiger partial charge in [-0.3, -0.25) is 0 Å². The molecule has 1 aromatic heterocycles. The largest absolute Gasteiger partial charge is 0.362 e. The molecular weight excluding hydrogens is 288 g/mol. The van der Waals surface area contributed by atoms with Crippen molar-refractivity contribution in [2.75, 3.05) is 4.90 Å². The predicted molar refractivity (Wildman–Crippen MR) is 87.6 cm³/mol. The molecule has 106 valence electrons. The van der Waals surface area contributed by atoms with Crippen molar-refractivity contribution in [2.45, 2.75) is 38.4 Å². The molecular formula is C16H19ClN2S. The normalized spacial score (nSPS) is 16.1. The summed E-state index contributed by atoms with van der Waals surface area (Å²) >= 11 is 8.29. The van der Waals surface area contributed by atoms with Gasteiger partial charge in [0.25, 0.3) is 0 Å². The van der Waals surface area contributed by atoms with Gasteiger partial charge in [-0.05, 0) is 48.9 Å². The van der Waals surface area contributed by atoms with Gasteiger partial charge in [0.2, 0.25) is 0 Å². The third-order valence-corrected chi connectivity index (χ3v) is 4.86. The molecule has 2 nitrogen and oxygen atoms in total. The number of benzene rings is 1. The number of hydrogen-bond donors (Lipinski definition) is 1. The number of hydrogen-bond acceptors (Lipinski definition) is 3. The Morgan fingerprint density at radius 1 is 1.40 bits per heavy atom. The maximum Gasteiger partial charge on any atom is 0.0643 e. The summed E-state index contributed by atoms with van der Waals surface area (Å²) in [7, 11) is 0. The van der Waals surface area contributed by atoms with E-state index in [4.69, 9.17) is 17.3 Å². The first-order valence-electron chi connectivity index (χ1n) is 6.99. The van der Waals surface area contributed by atoms with E-state index in [1.54, 1.807) is 11.3 Å². The van der Waals surface area contributed by atoms with Crippen LogP contribution in [0.1, 0.15) is 36.2 Å². The highest BCUT2D eigenvalue weighted by Crippen LogP contribution is 2.38. The lowest BCUT2D eigenvalue weighted by Crippen LogP contribution is -2.25. The highest BCUT2D eigenvalue weighted by atomic mass is 35.5. The Morgan fingerprint density at radius 3 is 2.75 bits per heavy atom. The predicted octanol–water partition coefficient (Wildman–Crippen LogP) is 4.59. The number of rotatable bonds is 5. The molecule has 1 atom stereocenters. The third kappa shape index (κ3) is 3.00. The molecule has 3 rings (SSSR count). The van der Waals surface area contributed by atoms with Crippen LogP contribution in [0, 0.1) is 0 Å². The number of thiophene rings is 1. The fourth-order valence-electron chi connectivity index (χ4n) is 2.41. The molecule has 0 radical (unpaired) electrons. The van der Waals surface area contributed by atoms with Gasteiger partial charge in [-0.25, -0.2) is 0 Å². The molecule has 2 N–H and O–H groups in total. The van der Waals surface area contributed by atoms with Gasteiger partial charge in [-0.2, -0.15) is 0 Å². The van der Waals surface area contributed by atoms with E-state index >= 15 is 0 Å². The summed E-state index contributed by atoms with van der Waals surface area (Å²) in [5, 5.41) is 2.93. The first kappa shape index (κ1) is 13.9. The number of nitrogens with two attached hydrogens (primary N) is 1. The molecule has 0 saturated heterocycles. The van der Waals surface area contributed by atoms with Crippen molar-refractivity contribution < 1.29 is 0 Å². The second-order valence-electron chi connectivity index (χ2n) is 5.44. The molecule has 1 aliphatic carbocycles. The van der Waals surface area contributed by atoms with Gasteiger partial charge in [0.1, 0.15) is 0 Å². The molecule has 4 heteroatoms. The molecule has 0 bridgehead atoms. The minimum atomic E-state index is 0.0215. The third-order valence-electron chi connectivity index (χ3n) is 3.70. The quantitative estimate of drug-likeness (QED) is 0.875. The molecule has 0 amide bonds. The number of nitrogens with zero attached hydrogens (tertiary/aromatic N) is 1. The molecule has 1 saturated carbocycles. The van der Waals surface area contributed by atoms with E-state index in [9.17, 15) is 0 Å². The van der Waals surface area contributed by atoms with Gasteiger partial charge in [0, 0.05) is 17.0 Å². The Kier molecular flexibility index (Phi) is 4.01. The van der Waals surface area contributed by atoms with Crippen LogP contribution >= 0.6 is 22.9 Å². The van der Waals surface area contributed by atoms with E-state index in [1.165, 1.54) is 17.7 Å². The number of halogens is 1. The second-order valence-corrected chi connectivity index (χ2v) is 6.88. The molecule has 0 aliphatic heterocycles. The highest BCUT2D eigenvalue weighted by Gasteiger charge is 2.30. The summed E-state index contributed by atoms with van der Waals surface area (Å²) in [5.41, 5.74) is 8.14. The van der Waals surface area contributed by atoms with Crippen LogP contribution < -0.4 is 10.6 Å². The van der Waals surface area contributed by atoms with Crippen LogP contribution in [0.25, 0.3) is 0 Å². The average molecular weight is 307 g/mol. The molecule has 1 heterocycles. The molecule has 1 fully saturated rings. The Bertz CT molecular complexity index is 576. The summed E-state index contributed by atoms with van der Waals surface area (Å²) in [6, 6.07) is 11.2. The zero-order valence-corrected chi connectivity index (χ0v) is 13.1. The van der Waals surface area contributed by atoms with Gasteiger partial charge in [0.05, 0.1) is 17.3 Å². The second kappa shape index (κ2) is 5.76.